The van der Waals surface area contributed by atoms with Crippen LogP contribution in [-0.2, 0) is 21.4 Å². The number of sulfonamides is 1. The van der Waals surface area contributed by atoms with Crippen LogP contribution in [0.25, 0.3) is 22.2 Å². The standard InChI is InChI=1S/C25H24FN5O3S/c1-18-24-22(19-7-9-20(26)10-8-19)11-12-27-25(24)31(28-18)17-23(32)29-13-15-30(16-14-29)35(33,34)21-5-3-2-4-6-21/h2-12H,13-17H2,1H3. The Kier molecular flexibility index (Phi) is 6.08. The number of piperazine rings is 1. The molecular formula is C25H24FN5O3S. The van der Waals surface area contributed by atoms with Crippen molar-refractivity contribution in [3.63, 3.8) is 0 Å². The second-order valence-electron chi connectivity index (χ2n) is 8.40. The zero-order chi connectivity index (χ0) is 24.6. The van der Waals surface area contributed by atoms with Crippen molar-refractivity contribution in [1.29, 1.82) is 0 Å². The molecule has 1 saturated heterocycles. The lowest BCUT2D eigenvalue weighted by molar-refractivity contribution is -0.133. The van der Waals surface area contributed by atoms with Crippen LogP contribution >= 0.6 is 0 Å². The van der Waals surface area contributed by atoms with Crippen LogP contribution in [0.5, 0.6) is 0 Å². The summed E-state index contributed by atoms with van der Waals surface area (Å²) in [6.07, 6.45) is 1.65. The Labute approximate surface area is 202 Å². The highest BCUT2D eigenvalue weighted by Crippen LogP contribution is 2.30. The number of fused-ring (bicyclic) bond motifs is 1. The van der Waals surface area contributed by atoms with E-state index in [-0.39, 0.29) is 36.3 Å². The largest absolute Gasteiger partial charge is 0.338 e. The van der Waals surface area contributed by atoms with Crippen LogP contribution in [0.2, 0.25) is 0 Å². The molecule has 5 rings (SSSR count). The van der Waals surface area contributed by atoms with Crippen LogP contribution in [0.15, 0.2) is 71.8 Å². The third-order valence-corrected chi connectivity index (χ3v) is 8.13. The first kappa shape index (κ1) is 23.1. The van der Waals surface area contributed by atoms with Gasteiger partial charge in [0.25, 0.3) is 0 Å². The van der Waals surface area contributed by atoms with Crippen molar-refractivity contribution in [2.45, 2.75) is 18.4 Å². The molecule has 8 nitrogen and oxygen atoms in total. The van der Waals surface area contributed by atoms with Crippen molar-refractivity contribution in [2.75, 3.05) is 26.2 Å². The minimum atomic E-state index is -3.59. The van der Waals surface area contributed by atoms with Crippen LogP contribution < -0.4 is 0 Å². The zero-order valence-electron chi connectivity index (χ0n) is 19.1. The molecule has 0 radical (unpaired) electrons. The molecule has 10 heteroatoms. The molecule has 2 aromatic heterocycles. The van der Waals surface area contributed by atoms with Gasteiger partial charge in [-0.3, -0.25) is 4.79 Å². The molecule has 1 aliphatic rings. The first-order chi connectivity index (χ1) is 16.8. The van der Waals surface area contributed by atoms with Gasteiger partial charge in [-0.1, -0.05) is 30.3 Å². The summed E-state index contributed by atoms with van der Waals surface area (Å²) >= 11 is 0. The number of aryl methyl sites for hydroxylation is 1. The molecule has 35 heavy (non-hydrogen) atoms. The molecule has 1 aliphatic heterocycles. The Balaban J connectivity index is 1.32. The number of amides is 1. The lowest BCUT2D eigenvalue weighted by Gasteiger charge is -2.34. The Morgan fingerprint density at radius 2 is 1.66 bits per heavy atom. The van der Waals surface area contributed by atoms with Gasteiger partial charge in [-0.25, -0.2) is 22.5 Å². The summed E-state index contributed by atoms with van der Waals surface area (Å²) in [5, 5.41) is 5.36. The number of hydrogen-bond donors (Lipinski definition) is 0. The van der Waals surface area contributed by atoms with E-state index < -0.39 is 10.0 Å². The van der Waals surface area contributed by atoms with Gasteiger partial charge in [-0.15, -0.1) is 0 Å². The zero-order valence-corrected chi connectivity index (χ0v) is 19.9. The number of benzene rings is 2. The molecule has 0 bridgehead atoms. The molecule has 0 saturated carbocycles. The number of pyridine rings is 1. The quantitative estimate of drug-likeness (QED) is 0.426. The van der Waals surface area contributed by atoms with Crippen LogP contribution in [0.4, 0.5) is 4.39 Å². The SMILES string of the molecule is Cc1nn(CC(=O)N2CCN(S(=O)(=O)c3ccccc3)CC2)c2nccc(-c3ccc(F)cc3)c12. The second kappa shape index (κ2) is 9.20. The first-order valence-corrected chi connectivity index (χ1v) is 12.7. The number of hydrogen-bond acceptors (Lipinski definition) is 5. The normalized spacial score (nSPS) is 15.0. The predicted octanol–water partition coefficient (Wildman–Crippen LogP) is 3.08. The summed E-state index contributed by atoms with van der Waals surface area (Å²) in [4.78, 5) is 19.4. The van der Waals surface area contributed by atoms with Gasteiger partial charge in [0.05, 0.1) is 10.6 Å². The van der Waals surface area contributed by atoms with Gasteiger partial charge >= 0.3 is 0 Å². The molecule has 180 valence electrons. The highest BCUT2D eigenvalue weighted by atomic mass is 32.2. The molecule has 0 N–H and O–H groups in total. The van der Waals surface area contributed by atoms with Crippen LogP contribution in [0, 0.1) is 12.7 Å². The summed E-state index contributed by atoms with van der Waals surface area (Å²) in [7, 11) is -3.59. The van der Waals surface area contributed by atoms with E-state index in [0.717, 1.165) is 22.2 Å². The van der Waals surface area contributed by atoms with Crippen molar-refractivity contribution in [2.24, 2.45) is 0 Å². The highest BCUT2D eigenvalue weighted by molar-refractivity contribution is 7.89. The topological polar surface area (TPSA) is 88.4 Å². The lowest BCUT2D eigenvalue weighted by atomic mass is 10.0. The predicted molar refractivity (Wildman–Crippen MR) is 129 cm³/mol. The number of rotatable bonds is 5. The molecule has 1 amide bonds. The monoisotopic (exact) mass is 493 g/mol. The molecule has 0 atom stereocenters. The van der Waals surface area contributed by atoms with E-state index in [2.05, 4.69) is 10.1 Å². The number of aromatic nitrogens is 3. The number of nitrogens with zero attached hydrogens (tertiary/aromatic N) is 5. The molecule has 0 spiro atoms. The van der Waals surface area contributed by atoms with E-state index in [1.807, 2.05) is 13.0 Å². The molecule has 0 aliphatic carbocycles. The smallest absolute Gasteiger partial charge is 0.244 e. The Hall–Kier alpha value is -3.63. The first-order valence-electron chi connectivity index (χ1n) is 11.3. The number of carbonyl (C=O) groups is 1. The van der Waals surface area contributed by atoms with Gasteiger partial charge in [0.2, 0.25) is 15.9 Å². The molecule has 4 aromatic rings. The summed E-state index contributed by atoms with van der Waals surface area (Å²) in [5.74, 6) is -0.464. The molecule has 3 heterocycles. The third-order valence-electron chi connectivity index (χ3n) is 6.22. The van der Waals surface area contributed by atoms with E-state index >= 15 is 0 Å². The summed E-state index contributed by atoms with van der Waals surface area (Å²) in [6.45, 7) is 2.92. The fourth-order valence-electron chi connectivity index (χ4n) is 4.41. The van der Waals surface area contributed by atoms with E-state index in [0.29, 0.717) is 18.7 Å². The fourth-order valence-corrected chi connectivity index (χ4v) is 5.85. The molecule has 2 aromatic carbocycles. The average molecular weight is 494 g/mol. The van der Waals surface area contributed by atoms with Gasteiger partial charge in [-0.2, -0.15) is 9.40 Å². The van der Waals surface area contributed by atoms with E-state index in [9.17, 15) is 17.6 Å². The Morgan fingerprint density at radius 1 is 0.971 bits per heavy atom. The lowest BCUT2D eigenvalue weighted by Crippen LogP contribution is -2.51. The summed E-state index contributed by atoms with van der Waals surface area (Å²) < 4.78 is 42.1. The summed E-state index contributed by atoms with van der Waals surface area (Å²) in [5.41, 5.74) is 3.00. The minimum absolute atomic E-state index is 0.00432. The molecule has 0 unspecified atom stereocenters. The van der Waals surface area contributed by atoms with Gasteiger partial charge in [-0.05, 0) is 48.4 Å². The van der Waals surface area contributed by atoms with E-state index in [1.165, 1.54) is 16.4 Å². The van der Waals surface area contributed by atoms with Crippen molar-refractivity contribution >= 4 is 27.0 Å². The van der Waals surface area contributed by atoms with Crippen LogP contribution in [0.3, 0.4) is 0 Å². The van der Waals surface area contributed by atoms with Crippen molar-refractivity contribution in [3.8, 4) is 11.1 Å². The number of halogens is 1. The van der Waals surface area contributed by atoms with E-state index in [1.54, 1.807) is 58.2 Å². The van der Waals surface area contributed by atoms with Gasteiger partial charge in [0.1, 0.15) is 12.4 Å². The van der Waals surface area contributed by atoms with E-state index in [4.69, 9.17) is 0 Å². The van der Waals surface area contributed by atoms with Crippen molar-refractivity contribution in [1.82, 2.24) is 24.0 Å². The summed E-state index contributed by atoms with van der Waals surface area (Å²) in [6, 6.07) is 16.4. The van der Waals surface area contributed by atoms with Crippen LogP contribution in [-0.4, -0.2) is 64.5 Å². The third kappa shape index (κ3) is 4.42. The Bertz CT molecular complexity index is 1480. The maximum atomic E-state index is 13.4. The molecule has 1 fully saturated rings. The Morgan fingerprint density at radius 3 is 2.34 bits per heavy atom. The van der Waals surface area contributed by atoms with Crippen molar-refractivity contribution < 1.29 is 17.6 Å². The van der Waals surface area contributed by atoms with Crippen LogP contribution in [0.1, 0.15) is 5.69 Å². The van der Waals surface area contributed by atoms with Gasteiger partial charge in [0.15, 0.2) is 5.65 Å². The van der Waals surface area contributed by atoms with Gasteiger partial charge < -0.3 is 4.90 Å². The van der Waals surface area contributed by atoms with Crippen molar-refractivity contribution in [3.05, 3.63) is 78.4 Å². The average Bonchev–Trinajstić information content (AvgIpc) is 3.20. The highest BCUT2D eigenvalue weighted by Gasteiger charge is 2.30. The fraction of sp³-hybridized carbons (Fsp3) is 0.240. The second-order valence-corrected chi connectivity index (χ2v) is 10.3. The van der Waals surface area contributed by atoms with Gasteiger partial charge in [0, 0.05) is 37.8 Å². The number of carbonyl (C=O) groups excluding carboxylic acids is 1. The minimum Gasteiger partial charge on any atom is -0.338 e. The maximum absolute atomic E-state index is 13.4. The maximum Gasteiger partial charge on any atom is 0.244 e. The molecular weight excluding hydrogens is 469 g/mol.